The molecule has 14 heavy (non-hydrogen) atoms. The van der Waals surface area contributed by atoms with Gasteiger partial charge in [0.2, 0.25) is 0 Å². The van der Waals surface area contributed by atoms with Crippen molar-refractivity contribution in [3.8, 4) is 0 Å². The van der Waals surface area contributed by atoms with E-state index in [0.29, 0.717) is 6.67 Å². The molecular weight excluding hydrogens is 178 g/mol. The normalized spacial score (nSPS) is 10.7. The van der Waals surface area contributed by atoms with E-state index in [1.165, 1.54) is 0 Å². The maximum absolute atomic E-state index is 5.16. The number of nitrogens with one attached hydrogen (secondary N) is 2. The average Bonchev–Trinajstić information content (AvgIpc) is 2.57. The Morgan fingerprint density at radius 3 is 3.14 bits per heavy atom. The second kappa shape index (κ2) is 3.65. The van der Waals surface area contributed by atoms with Crippen molar-refractivity contribution < 1.29 is 0 Å². The zero-order valence-corrected chi connectivity index (χ0v) is 7.99. The molecule has 0 bridgehead atoms. The number of aryl methyl sites for hydroxylation is 1. The van der Waals surface area contributed by atoms with Crippen LogP contribution < -0.4 is 16.6 Å². The highest BCUT2D eigenvalue weighted by Gasteiger charge is 1.99. The molecule has 0 saturated carbocycles. The summed E-state index contributed by atoms with van der Waals surface area (Å²) in [7, 11) is 1.98. The molecule has 0 spiro atoms. The second-order valence-electron chi connectivity index (χ2n) is 3.12. The van der Waals surface area contributed by atoms with Gasteiger partial charge in [-0.3, -0.25) is 5.84 Å². The number of anilines is 1. The molecule has 0 aliphatic rings. The number of hydrazine groups is 1. The molecule has 1 aromatic heterocycles. The first kappa shape index (κ1) is 8.98. The van der Waals surface area contributed by atoms with Crippen LogP contribution in [0.1, 0.15) is 0 Å². The van der Waals surface area contributed by atoms with Gasteiger partial charge in [0.05, 0.1) is 24.0 Å². The topological polar surface area (TPSA) is 67.9 Å². The lowest BCUT2D eigenvalue weighted by atomic mass is 10.3. The van der Waals surface area contributed by atoms with E-state index in [1.54, 1.807) is 6.33 Å². The van der Waals surface area contributed by atoms with Crippen LogP contribution in [0, 0.1) is 0 Å². The van der Waals surface area contributed by atoms with Gasteiger partial charge in [-0.1, -0.05) is 0 Å². The maximum atomic E-state index is 5.16. The smallest absolute Gasteiger partial charge is 0.0955 e. The molecule has 0 saturated heterocycles. The van der Waals surface area contributed by atoms with Crippen molar-refractivity contribution in [3.63, 3.8) is 0 Å². The second-order valence-corrected chi connectivity index (χ2v) is 3.12. The van der Waals surface area contributed by atoms with Crippen molar-refractivity contribution in [1.82, 2.24) is 15.0 Å². The number of hydrogen-bond acceptors (Lipinski definition) is 4. The minimum absolute atomic E-state index is 0.540. The molecule has 5 nitrogen and oxygen atoms in total. The van der Waals surface area contributed by atoms with Crippen molar-refractivity contribution in [2.24, 2.45) is 12.9 Å². The Morgan fingerprint density at radius 1 is 1.50 bits per heavy atom. The van der Waals surface area contributed by atoms with Gasteiger partial charge in [0.25, 0.3) is 0 Å². The Hall–Kier alpha value is -1.59. The lowest BCUT2D eigenvalue weighted by Crippen LogP contribution is -2.28. The highest BCUT2D eigenvalue weighted by Crippen LogP contribution is 2.16. The highest BCUT2D eigenvalue weighted by atomic mass is 15.3. The summed E-state index contributed by atoms with van der Waals surface area (Å²) in [5.74, 6) is 5.16. The van der Waals surface area contributed by atoms with E-state index in [4.69, 9.17) is 5.84 Å². The van der Waals surface area contributed by atoms with Crippen molar-refractivity contribution in [2.45, 2.75) is 0 Å². The van der Waals surface area contributed by atoms with E-state index in [-0.39, 0.29) is 0 Å². The molecule has 2 aromatic rings. The number of nitrogens with two attached hydrogens (primary N) is 1. The Morgan fingerprint density at radius 2 is 2.36 bits per heavy atom. The number of hydrogen-bond donors (Lipinski definition) is 3. The molecule has 0 fully saturated rings. The molecule has 5 heteroatoms. The van der Waals surface area contributed by atoms with Crippen LogP contribution in [0.15, 0.2) is 24.5 Å². The molecule has 1 heterocycles. The van der Waals surface area contributed by atoms with Crippen LogP contribution in [-0.4, -0.2) is 16.2 Å². The molecule has 0 atom stereocenters. The zero-order valence-electron chi connectivity index (χ0n) is 7.99. The van der Waals surface area contributed by atoms with Crippen molar-refractivity contribution in [2.75, 3.05) is 12.0 Å². The summed E-state index contributed by atoms with van der Waals surface area (Å²) in [6.07, 6.45) is 1.80. The first-order chi connectivity index (χ1) is 6.81. The summed E-state index contributed by atoms with van der Waals surface area (Å²) >= 11 is 0. The third-order valence-corrected chi connectivity index (χ3v) is 2.12. The van der Waals surface area contributed by atoms with Crippen LogP contribution in [-0.2, 0) is 7.05 Å². The Kier molecular flexibility index (Phi) is 2.34. The standard InChI is InChI=1S/C9H13N5/c1-14-6-12-8-4-7(11-5-13-10)2-3-9(8)14/h2-4,6,11,13H,5,10H2,1H3. The summed E-state index contributed by atoms with van der Waals surface area (Å²) in [6, 6.07) is 6.02. The van der Waals surface area contributed by atoms with Gasteiger partial charge in [-0.15, -0.1) is 0 Å². The van der Waals surface area contributed by atoms with Gasteiger partial charge < -0.3 is 9.88 Å². The van der Waals surface area contributed by atoms with E-state index in [1.807, 2.05) is 29.8 Å². The number of rotatable bonds is 3. The van der Waals surface area contributed by atoms with E-state index in [0.717, 1.165) is 16.7 Å². The minimum Gasteiger partial charge on any atom is -0.371 e. The SMILES string of the molecule is Cn1cnc2cc(NCNN)ccc21. The molecule has 74 valence electrons. The first-order valence-corrected chi connectivity index (χ1v) is 4.39. The van der Waals surface area contributed by atoms with E-state index in [9.17, 15) is 0 Å². The lowest BCUT2D eigenvalue weighted by molar-refractivity contribution is 0.790. The summed E-state index contributed by atoms with van der Waals surface area (Å²) in [5.41, 5.74) is 5.64. The molecule has 2 rings (SSSR count). The molecular formula is C9H13N5. The fourth-order valence-corrected chi connectivity index (χ4v) is 1.40. The van der Waals surface area contributed by atoms with Gasteiger partial charge in [-0.2, -0.15) is 0 Å². The zero-order chi connectivity index (χ0) is 9.97. The van der Waals surface area contributed by atoms with Crippen LogP contribution in [0.4, 0.5) is 5.69 Å². The van der Waals surface area contributed by atoms with Crippen LogP contribution in [0.2, 0.25) is 0 Å². The van der Waals surface area contributed by atoms with Crippen LogP contribution in [0.25, 0.3) is 11.0 Å². The molecule has 0 radical (unpaired) electrons. The van der Waals surface area contributed by atoms with Crippen LogP contribution >= 0.6 is 0 Å². The molecule has 0 aliphatic heterocycles. The number of aromatic nitrogens is 2. The fourth-order valence-electron chi connectivity index (χ4n) is 1.40. The number of imidazole rings is 1. The third kappa shape index (κ3) is 1.55. The minimum atomic E-state index is 0.540. The van der Waals surface area contributed by atoms with Gasteiger partial charge in [0.15, 0.2) is 0 Å². The Labute approximate surface area is 81.9 Å². The van der Waals surface area contributed by atoms with E-state index >= 15 is 0 Å². The summed E-state index contributed by atoms with van der Waals surface area (Å²) < 4.78 is 1.99. The molecule has 0 unspecified atom stereocenters. The number of nitrogens with zero attached hydrogens (tertiary/aromatic N) is 2. The Bertz CT molecular complexity index is 434. The largest absolute Gasteiger partial charge is 0.371 e. The highest BCUT2D eigenvalue weighted by molar-refractivity contribution is 5.79. The monoisotopic (exact) mass is 191 g/mol. The fraction of sp³-hybridized carbons (Fsp3) is 0.222. The maximum Gasteiger partial charge on any atom is 0.0955 e. The van der Waals surface area contributed by atoms with Gasteiger partial charge in [-0.05, 0) is 18.2 Å². The molecule has 0 amide bonds. The van der Waals surface area contributed by atoms with Crippen molar-refractivity contribution in [3.05, 3.63) is 24.5 Å². The summed E-state index contributed by atoms with van der Waals surface area (Å²) in [5, 5.41) is 3.11. The number of fused-ring (bicyclic) bond motifs is 1. The summed E-state index contributed by atoms with van der Waals surface area (Å²) in [6.45, 7) is 0.540. The van der Waals surface area contributed by atoms with E-state index < -0.39 is 0 Å². The third-order valence-electron chi connectivity index (χ3n) is 2.12. The van der Waals surface area contributed by atoms with E-state index in [2.05, 4.69) is 15.7 Å². The number of benzene rings is 1. The van der Waals surface area contributed by atoms with Gasteiger partial charge in [-0.25, -0.2) is 10.4 Å². The quantitative estimate of drug-likeness (QED) is 0.373. The predicted molar refractivity (Wildman–Crippen MR) is 56.5 cm³/mol. The Balaban J connectivity index is 2.32. The van der Waals surface area contributed by atoms with Crippen molar-refractivity contribution >= 4 is 16.7 Å². The lowest BCUT2D eigenvalue weighted by Gasteiger charge is -2.04. The molecule has 1 aromatic carbocycles. The van der Waals surface area contributed by atoms with Gasteiger partial charge in [0.1, 0.15) is 0 Å². The van der Waals surface area contributed by atoms with Crippen molar-refractivity contribution in [1.29, 1.82) is 0 Å². The summed E-state index contributed by atoms with van der Waals surface area (Å²) in [4.78, 5) is 4.26. The van der Waals surface area contributed by atoms with Gasteiger partial charge >= 0.3 is 0 Å². The average molecular weight is 191 g/mol. The first-order valence-electron chi connectivity index (χ1n) is 4.39. The van der Waals surface area contributed by atoms with Gasteiger partial charge in [0, 0.05) is 12.7 Å². The van der Waals surface area contributed by atoms with Crippen LogP contribution in [0.3, 0.4) is 0 Å². The molecule has 4 N–H and O–H groups in total. The predicted octanol–water partition coefficient (Wildman–Crippen LogP) is 0.406. The van der Waals surface area contributed by atoms with Crippen LogP contribution in [0.5, 0.6) is 0 Å². The molecule has 0 aliphatic carbocycles.